The van der Waals surface area contributed by atoms with Gasteiger partial charge in [-0.1, -0.05) is 54.6 Å². The van der Waals surface area contributed by atoms with Crippen LogP contribution in [0.15, 0.2) is 60.7 Å². The van der Waals surface area contributed by atoms with Gasteiger partial charge in [-0.15, -0.1) is 0 Å². The van der Waals surface area contributed by atoms with Crippen LogP contribution in [0.3, 0.4) is 0 Å². The Labute approximate surface area is 192 Å². The highest BCUT2D eigenvalue weighted by Crippen LogP contribution is 2.23. The number of rotatable bonds is 8. The molecule has 1 saturated heterocycles. The molecular formula is C26H27N3O4. The molecule has 1 fully saturated rings. The van der Waals surface area contributed by atoms with Gasteiger partial charge in [-0.05, 0) is 30.0 Å². The van der Waals surface area contributed by atoms with E-state index < -0.39 is 0 Å². The monoisotopic (exact) mass is 445 g/mol. The van der Waals surface area contributed by atoms with Crippen molar-refractivity contribution < 1.29 is 19.2 Å². The molecule has 4 rings (SSSR count). The van der Waals surface area contributed by atoms with Crippen LogP contribution in [0, 0.1) is 0 Å². The quantitative estimate of drug-likeness (QED) is 0.303. The topological polar surface area (TPSA) is 93.3 Å². The van der Waals surface area contributed by atoms with Crippen molar-refractivity contribution in [2.24, 2.45) is 0 Å². The first-order chi connectivity index (χ1) is 16.1. The van der Waals surface area contributed by atoms with Crippen LogP contribution < -0.4 is 5.48 Å². The van der Waals surface area contributed by atoms with Gasteiger partial charge in [0.1, 0.15) is 11.5 Å². The molecule has 1 aromatic heterocycles. The fourth-order valence-electron chi connectivity index (χ4n) is 3.64. The van der Waals surface area contributed by atoms with Crippen molar-refractivity contribution in [3.8, 4) is 11.3 Å². The maximum Gasteiger partial charge on any atom is 0.267 e. The number of aromatic amines is 1. The zero-order valence-electron chi connectivity index (χ0n) is 18.5. The number of imidazole rings is 1. The summed E-state index contributed by atoms with van der Waals surface area (Å²) in [4.78, 5) is 37.2. The van der Waals surface area contributed by atoms with Crippen LogP contribution in [0.1, 0.15) is 53.6 Å². The van der Waals surface area contributed by atoms with Crippen LogP contribution in [-0.2, 0) is 20.8 Å². The number of H-pyrrole nitrogens is 1. The second kappa shape index (κ2) is 10.8. The lowest BCUT2D eigenvalue weighted by Gasteiger charge is -2.21. The largest absolute Gasteiger partial charge is 0.350 e. The minimum absolute atomic E-state index is 0.0506. The van der Waals surface area contributed by atoms with Crippen molar-refractivity contribution in [2.45, 2.75) is 38.9 Å². The van der Waals surface area contributed by atoms with E-state index in [1.165, 1.54) is 13.0 Å². The number of aromatic nitrogens is 2. The molecule has 1 atom stereocenters. The maximum atomic E-state index is 12.1. The second-order valence-electron chi connectivity index (χ2n) is 7.96. The van der Waals surface area contributed by atoms with Crippen molar-refractivity contribution in [1.29, 1.82) is 0 Å². The molecule has 2 aromatic carbocycles. The van der Waals surface area contributed by atoms with Crippen LogP contribution in [0.25, 0.3) is 17.3 Å². The highest BCUT2D eigenvalue weighted by atomic mass is 16.8. The third kappa shape index (κ3) is 6.25. The first-order valence-corrected chi connectivity index (χ1v) is 11.1. The van der Waals surface area contributed by atoms with E-state index >= 15 is 0 Å². The van der Waals surface area contributed by atoms with E-state index in [2.05, 4.69) is 15.4 Å². The Morgan fingerprint density at radius 2 is 1.94 bits per heavy atom. The molecule has 0 bridgehead atoms. The summed E-state index contributed by atoms with van der Waals surface area (Å²) in [7, 11) is 0. The van der Waals surface area contributed by atoms with Crippen molar-refractivity contribution >= 4 is 17.8 Å². The molecular weight excluding hydrogens is 418 g/mol. The molecule has 2 N–H and O–H groups in total. The molecule has 1 aliphatic rings. The van der Waals surface area contributed by atoms with Gasteiger partial charge in [-0.25, -0.2) is 15.3 Å². The predicted molar refractivity (Wildman–Crippen MR) is 125 cm³/mol. The molecule has 7 nitrogen and oxygen atoms in total. The minimum atomic E-state index is -0.372. The summed E-state index contributed by atoms with van der Waals surface area (Å²) in [6.07, 6.45) is 6.17. The van der Waals surface area contributed by atoms with E-state index in [-0.39, 0.29) is 18.0 Å². The molecule has 2 heterocycles. The van der Waals surface area contributed by atoms with E-state index in [4.69, 9.17) is 9.57 Å². The maximum absolute atomic E-state index is 12.1. The number of nitrogens with one attached hydrogen (secondary N) is 2. The van der Waals surface area contributed by atoms with E-state index in [1.807, 2.05) is 54.6 Å². The molecule has 1 amide bonds. The number of amides is 1. The number of nitrogens with zero attached hydrogens (tertiary/aromatic N) is 1. The first kappa shape index (κ1) is 22.6. The highest BCUT2D eigenvalue weighted by Gasteiger charge is 2.16. The van der Waals surface area contributed by atoms with Gasteiger partial charge in [0.2, 0.25) is 0 Å². The molecule has 33 heavy (non-hydrogen) atoms. The van der Waals surface area contributed by atoms with Crippen LogP contribution in [0.2, 0.25) is 0 Å². The second-order valence-corrected chi connectivity index (χ2v) is 7.96. The van der Waals surface area contributed by atoms with E-state index in [9.17, 15) is 9.59 Å². The van der Waals surface area contributed by atoms with Crippen molar-refractivity contribution in [2.75, 3.05) is 6.61 Å². The number of ether oxygens (including phenoxy) is 1. The lowest BCUT2D eigenvalue weighted by Crippen LogP contribution is -2.32. The van der Waals surface area contributed by atoms with Gasteiger partial charge < -0.3 is 9.72 Å². The Hall–Kier alpha value is -3.55. The third-order valence-corrected chi connectivity index (χ3v) is 5.36. The van der Waals surface area contributed by atoms with E-state index in [0.717, 1.165) is 41.8 Å². The Morgan fingerprint density at radius 3 is 2.64 bits per heavy atom. The molecule has 3 aromatic rings. The van der Waals surface area contributed by atoms with Gasteiger partial charge in [0.05, 0.1) is 5.69 Å². The number of hydrogen-bond acceptors (Lipinski definition) is 5. The Kier molecular flexibility index (Phi) is 7.44. The normalized spacial score (nSPS) is 16.1. The Bertz CT molecular complexity index is 1110. The average Bonchev–Trinajstić information content (AvgIpc) is 3.28. The molecule has 0 aliphatic carbocycles. The summed E-state index contributed by atoms with van der Waals surface area (Å²) in [6.45, 7) is 2.19. The summed E-state index contributed by atoms with van der Waals surface area (Å²) in [5.74, 6) is 0.336. The lowest BCUT2D eigenvalue weighted by molar-refractivity contribution is -0.198. The number of ketones is 1. The van der Waals surface area contributed by atoms with E-state index in [1.54, 1.807) is 6.08 Å². The zero-order chi connectivity index (χ0) is 23.0. The minimum Gasteiger partial charge on any atom is -0.350 e. The molecule has 0 saturated carbocycles. The number of benzene rings is 2. The molecule has 0 spiro atoms. The van der Waals surface area contributed by atoms with Gasteiger partial charge in [-0.3, -0.25) is 9.59 Å². The number of hydroxylamine groups is 1. The molecule has 170 valence electrons. The summed E-state index contributed by atoms with van der Waals surface area (Å²) < 4.78 is 5.41. The zero-order valence-corrected chi connectivity index (χ0v) is 18.5. The number of carbonyl (C=O) groups is 2. The summed E-state index contributed by atoms with van der Waals surface area (Å²) >= 11 is 0. The number of Topliss-reactive ketones (excluding diaryl/α,β-unsaturated/α-hetero) is 1. The smallest absolute Gasteiger partial charge is 0.267 e. The summed E-state index contributed by atoms with van der Waals surface area (Å²) in [6, 6.07) is 17.5. The van der Waals surface area contributed by atoms with Crippen LogP contribution >= 0.6 is 0 Å². The molecule has 1 aliphatic heterocycles. The fourth-order valence-corrected chi connectivity index (χ4v) is 3.64. The van der Waals surface area contributed by atoms with Gasteiger partial charge in [0, 0.05) is 38.0 Å². The van der Waals surface area contributed by atoms with Crippen molar-refractivity contribution in [3.05, 3.63) is 83.3 Å². The van der Waals surface area contributed by atoms with Gasteiger partial charge in [0.15, 0.2) is 12.1 Å². The van der Waals surface area contributed by atoms with Crippen LogP contribution in [0.4, 0.5) is 0 Å². The van der Waals surface area contributed by atoms with Gasteiger partial charge >= 0.3 is 0 Å². The SMILES string of the molecule is CC(=O)c1[nH]c(Cc2ccc(/C=C/C(=O)NOC3CCCCO3)cc2)nc1-c1ccccc1. The Morgan fingerprint density at radius 1 is 1.15 bits per heavy atom. The number of hydrogen-bond donors (Lipinski definition) is 2. The van der Waals surface area contributed by atoms with Gasteiger partial charge in [0.25, 0.3) is 5.91 Å². The van der Waals surface area contributed by atoms with E-state index in [0.29, 0.717) is 24.4 Å². The summed E-state index contributed by atoms with van der Waals surface area (Å²) in [5.41, 5.74) is 6.42. The first-order valence-electron chi connectivity index (χ1n) is 11.1. The number of carbonyl (C=O) groups excluding carboxylic acids is 2. The van der Waals surface area contributed by atoms with Crippen LogP contribution in [-0.4, -0.2) is 34.6 Å². The summed E-state index contributed by atoms with van der Waals surface area (Å²) in [5, 5.41) is 0. The average molecular weight is 446 g/mol. The standard InChI is InChI=1S/C26H27N3O4/c1-18(30)25-26(21-7-3-2-4-8-21)28-22(27-25)17-20-12-10-19(11-13-20)14-15-23(31)29-33-24-9-5-6-16-32-24/h2-4,7-8,10-15,24H,5-6,9,16-17H2,1H3,(H,27,28)(H,29,31)/b15-14+. The van der Waals surface area contributed by atoms with Crippen molar-refractivity contribution in [3.63, 3.8) is 0 Å². The predicted octanol–water partition coefficient (Wildman–Crippen LogP) is 4.46. The molecule has 7 heteroatoms. The molecule has 1 unspecified atom stereocenters. The molecule has 0 radical (unpaired) electrons. The Balaban J connectivity index is 1.36. The highest BCUT2D eigenvalue weighted by molar-refractivity contribution is 5.98. The fraction of sp³-hybridized carbons (Fsp3) is 0.269. The van der Waals surface area contributed by atoms with Crippen molar-refractivity contribution in [1.82, 2.24) is 15.4 Å². The third-order valence-electron chi connectivity index (χ3n) is 5.36. The van der Waals surface area contributed by atoms with Gasteiger partial charge in [-0.2, -0.15) is 0 Å². The van der Waals surface area contributed by atoms with Crippen LogP contribution in [0.5, 0.6) is 0 Å². The lowest BCUT2D eigenvalue weighted by atomic mass is 10.1.